The summed E-state index contributed by atoms with van der Waals surface area (Å²) in [6.07, 6.45) is 0. The van der Waals surface area contributed by atoms with Gasteiger partial charge in [-0.05, 0) is 6.92 Å². The standard InChI is InChI=1S/C6H10F2O3/c1-2-11-5(9)6(10,3-7)4-8/h10H,2-4H2,1H3. The maximum Gasteiger partial charge on any atom is 0.343 e. The molecule has 5 heteroatoms. The Kier molecular flexibility index (Phi) is 3.95. The van der Waals surface area contributed by atoms with Crippen LogP contribution in [0.4, 0.5) is 8.78 Å². The normalized spacial score (nSPS) is 11.3. The number of esters is 1. The Morgan fingerprint density at radius 1 is 1.55 bits per heavy atom. The third-order valence-corrected chi connectivity index (χ3v) is 1.10. The van der Waals surface area contributed by atoms with E-state index in [0.29, 0.717) is 0 Å². The van der Waals surface area contributed by atoms with Crippen LogP contribution in [-0.4, -0.2) is 36.6 Å². The number of alkyl halides is 2. The zero-order valence-electron chi connectivity index (χ0n) is 6.14. The number of carbonyl (C=O) groups excluding carboxylic acids is 1. The van der Waals surface area contributed by atoms with Gasteiger partial charge in [0.25, 0.3) is 0 Å². The van der Waals surface area contributed by atoms with Crippen molar-refractivity contribution in [2.75, 3.05) is 20.0 Å². The van der Waals surface area contributed by atoms with E-state index < -0.39 is 24.9 Å². The third kappa shape index (κ3) is 2.42. The van der Waals surface area contributed by atoms with Gasteiger partial charge in [0.15, 0.2) is 0 Å². The lowest BCUT2D eigenvalue weighted by molar-refractivity contribution is -0.168. The molecule has 0 spiro atoms. The van der Waals surface area contributed by atoms with E-state index in [1.165, 1.54) is 6.92 Å². The van der Waals surface area contributed by atoms with Gasteiger partial charge < -0.3 is 9.84 Å². The number of rotatable bonds is 4. The van der Waals surface area contributed by atoms with Gasteiger partial charge in [0.05, 0.1) is 6.61 Å². The summed E-state index contributed by atoms with van der Waals surface area (Å²) in [5.41, 5.74) is -2.60. The Morgan fingerprint density at radius 3 is 2.27 bits per heavy atom. The highest BCUT2D eigenvalue weighted by Gasteiger charge is 2.38. The minimum atomic E-state index is -2.60. The maximum absolute atomic E-state index is 11.8. The molecule has 0 aromatic carbocycles. The molecule has 0 aliphatic carbocycles. The summed E-state index contributed by atoms with van der Waals surface area (Å²) in [7, 11) is 0. The number of halogens is 2. The van der Waals surface area contributed by atoms with E-state index in [9.17, 15) is 13.6 Å². The number of carbonyl (C=O) groups is 1. The van der Waals surface area contributed by atoms with E-state index in [-0.39, 0.29) is 6.61 Å². The molecule has 0 aromatic heterocycles. The Labute approximate surface area is 63.0 Å². The van der Waals surface area contributed by atoms with Crippen molar-refractivity contribution in [2.24, 2.45) is 0 Å². The van der Waals surface area contributed by atoms with E-state index in [0.717, 1.165) is 0 Å². The molecule has 66 valence electrons. The quantitative estimate of drug-likeness (QED) is 0.611. The highest BCUT2D eigenvalue weighted by molar-refractivity contribution is 5.79. The fraction of sp³-hybridized carbons (Fsp3) is 0.833. The van der Waals surface area contributed by atoms with Crippen molar-refractivity contribution < 1.29 is 23.4 Å². The minimum Gasteiger partial charge on any atom is -0.464 e. The lowest BCUT2D eigenvalue weighted by Gasteiger charge is -2.17. The second-order valence-corrected chi connectivity index (χ2v) is 2.02. The molecule has 0 radical (unpaired) electrons. The van der Waals surface area contributed by atoms with Crippen LogP contribution in [0.15, 0.2) is 0 Å². The van der Waals surface area contributed by atoms with Crippen LogP contribution in [0, 0.1) is 0 Å². The molecule has 11 heavy (non-hydrogen) atoms. The Bertz CT molecular complexity index is 134. The molecule has 0 saturated carbocycles. The molecule has 0 heterocycles. The first-order chi connectivity index (χ1) is 5.10. The van der Waals surface area contributed by atoms with Crippen molar-refractivity contribution >= 4 is 5.97 Å². The van der Waals surface area contributed by atoms with Gasteiger partial charge in [0, 0.05) is 0 Å². The third-order valence-electron chi connectivity index (χ3n) is 1.10. The summed E-state index contributed by atoms with van der Waals surface area (Å²) in [6.45, 7) is -1.47. The van der Waals surface area contributed by atoms with Crippen molar-refractivity contribution in [1.82, 2.24) is 0 Å². The summed E-state index contributed by atoms with van der Waals surface area (Å²) >= 11 is 0. The van der Waals surface area contributed by atoms with Crippen LogP contribution in [-0.2, 0) is 9.53 Å². The van der Waals surface area contributed by atoms with Crippen molar-refractivity contribution in [1.29, 1.82) is 0 Å². The number of hydrogen-bond acceptors (Lipinski definition) is 3. The molecule has 0 unspecified atom stereocenters. The Balaban J connectivity index is 4.12. The molecule has 0 aliphatic rings. The SMILES string of the molecule is CCOC(=O)C(O)(CF)CF. The van der Waals surface area contributed by atoms with Crippen molar-refractivity contribution in [2.45, 2.75) is 12.5 Å². The molecule has 0 bridgehead atoms. The van der Waals surface area contributed by atoms with Crippen LogP contribution in [0.3, 0.4) is 0 Å². The van der Waals surface area contributed by atoms with Crippen molar-refractivity contribution in [3.63, 3.8) is 0 Å². The molecule has 0 fully saturated rings. The molecule has 0 aromatic rings. The van der Waals surface area contributed by atoms with E-state index in [1.807, 2.05) is 0 Å². The van der Waals surface area contributed by atoms with Gasteiger partial charge in [-0.3, -0.25) is 0 Å². The lowest BCUT2D eigenvalue weighted by Crippen LogP contribution is -2.44. The molecular formula is C6H10F2O3. The van der Waals surface area contributed by atoms with Crippen LogP contribution in [0.5, 0.6) is 0 Å². The van der Waals surface area contributed by atoms with E-state index >= 15 is 0 Å². The number of hydrogen-bond donors (Lipinski definition) is 1. The molecule has 0 aliphatic heterocycles. The molecular weight excluding hydrogens is 158 g/mol. The summed E-state index contributed by atoms with van der Waals surface area (Å²) in [5.74, 6) is -1.26. The predicted octanol–water partition coefficient (Wildman–Crippen LogP) is 0.220. The van der Waals surface area contributed by atoms with Gasteiger partial charge in [-0.25, -0.2) is 13.6 Å². The van der Waals surface area contributed by atoms with Crippen LogP contribution in [0.2, 0.25) is 0 Å². The Hall–Kier alpha value is -0.710. The Morgan fingerprint density at radius 2 is 2.00 bits per heavy atom. The minimum absolute atomic E-state index is 0.0128. The van der Waals surface area contributed by atoms with Crippen molar-refractivity contribution in [3.05, 3.63) is 0 Å². The molecule has 1 N–H and O–H groups in total. The average Bonchev–Trinajstić information content (AvgIpc) is 2.03. The van der Waals surface area contributed by atoms with Gasteiger partial charge in [-0.1, -0.05) is 0 Å². The molecule has 0 atom stereocenters. The van der Waals surface area contributed by atoms with E-state index in [4.69, 9.17) is 5.11 Å². The second-order valence-electron chi connectivity index (χ2n) is 2.02. The maximum atomic E-state index is 11.8. The molecule has 3 nitrogen and oxygen atoms in total. The first kappa shape index (κ1) is 10.3. The smallest absolute Gasteiger partial charge is 0.343 e. The van der Waals surface area contributed by atoms with Crippen LogP contribution < -0.4 is 0 Å². The molecule has 0 amide bonds. The molecule has 0 rings (SSSR count). The van der Waals surface area contributed by atoms with Crippen molar-refractivity contribution in [3.8, 4) is 0 Å². The topological polar surface area (TPSA) is 46.5 Å². The first-order valence-electron chi connectivity index (χ1n) is 3.12. The number of ether oxygens (including phenoxy) is 1. The zero-order valence-corrected chi connectivity index (χ0v) is 6.14. The fourth-order valence-electron chi connectivity index (χ4n) is 0.410. The zero-order chi connectivity index (χ0) is 8.91. The van der Waals surface area contributed by atoms with Gasteiger partial charge >= 0.3 is 5.97 Å². The molecule has 0 saturated heterocycles. The summed E-state index contributed by atoms with van der Waals surface area (Å²) in [5, 5.41) is 8.80. The second kappa shape index (κ2) is 4.23. The van der Waals surface area contributed by atoms with Gasteiger partial charge in [0.1, 0.15) is 13.3 Å². The predicted molar refractivity (Wildman–Crippen MR) is 33.5 cm³/mol. The number of aliphatic hydroxyl groups is 1. The van der Waals surface area contributed by atoms with Gasteiger partial charge in [0.2, 0.25) is 5.60 Å². The van der Waals surface area contributed by atoms with Gasteiger partial charge in [-0.2, -0.15) is 0 Å². The highest BCUT2D eigenvalue weighted by Crippen LogP contribution is 2.08. The van der Waals surface area contributed by atoms with E-state index in [2.05, 4.69) is 4.74 Å². The van der Waals surface area contributed by atoms with Crippen LogP contribution >= 0.6 is 0 Å². The van der Waals surface area contributed by atoms with Gasteiger partial charge in [-0.15, -0.1) is 0 Å². The van der Waals surface area contributed by atoms with E-state index in [1.54, 1.807) is 0 Å². The van der Waals surface area contributed by atoms with Crippen LogP contribution in [0.25, 0.3) is 0 Å². The highest BCUT2D eigenvalue weighted by atomic mass is 19.1. The van der Waals surface area contributed by atoms with Crippen LogP contribution in [0.1, 0.15) is 6.92 Å². The summed E-state index contributed by atoms with van der Waals surface area (Å²) in [4.78, 5) is 10.6. The fourth-order valence-corrected chi connectivity index (χ4v) is 0.410. The average molecular weight is 168 g/mol. The largest absolute Gasteiger partial charge is 0.464 e. The first-order valence-corrected chi connectivity index (χ1v) is 3.12. The summed E-state index contributed by atoms with van der Waals surface area (Å²) < 4.78 is 27.9. The summed E-state index contributed by atoms with van der Waals surface area (Å²) in [6, 6.07) is 0. The monoisotopic (exact) mass is 168 g/mol. The lowest BCUT2D eigenvalue weighted by atomic mass is 10.1.